The number of alkyl halides is 3. The maximum absolute atomic E-state index is 12.9. The highest BCUT2D eigenvalue weighted by atomic mass is 32.2. The third-order valence-corrected chi connectivity index (χ3v) is 8.17. The number of hydrogen-bond donors (Lipinski definition) is 2. The standard InChI is InChI=1S/C19H18F3N9O3S/c1-23-10-18(4-13(5-18)35(33,34)19(20,21)22)30-9-12(8-26-30)15-25-3-2-14-27-17(29-31(14)15)28-16(32)11-6-24-7-11/h2-3,8-9,11,13,24H,4-7,10H2,(H,28,29,32). The van der Waals surface area contributed by atoms with Gasteiger partial charge in [0.25, 0.3) is 9.84 Å². The van der Waals surface area contributed by atoms with Crippen LogP contribution in [0.1, 0.15) is 12.8 Å². The van der Waals surface area contributed by atoms with Crippen LogP contribution in [0.4, 0.5) is 19.1 Å². The summed E-state index contributed by atoms with van der Waals surface area (Å²) in [5.41, 5.74) is -5.73. The number of anilines is 1. The fourth-order valence-electron chi connectivity index (χ4n) is 4.18. The monoisotopic (exact) mass is 509 g/mol. The Morgan fingerprint density at radius 2 is 2.09 bits per heavy atom. The average Bonchev–Trinajstić information content (AvgIpc) is 3.34. The normalized spacial score (nSPS) is 22.9. The second kappa shape index (κ2) is 7.99. The molecule has 0 bridgehead atoms. The molecule has 1 aliphatic carbocycles. The Labute approximate surface area is 196 Å². The Morgan fingerprint density at radius 1 is 1.34 bits per heavy atom. The molecule has 2 N–H and O–H groups in total. The van der Waals surface area contributed by atoms with Crippen LogP contribution >= 0.6 is 0 Å². The van der Waals surface area contributed by atoms with E-state index in [2.05, 4.69) is 35.6 Å². The number of carbonyl (C=O) groups excluding carboxylic acids is 1. The van der Waals surface area contributed by atoms with E-state index >= 15 is 0 Å². The van der Waals surface area contributed by atoms with Crippen molar-refractivity contribution in [1.82, 2.24) is 34.7 Å². The van der Waals surface area contributed by atoms with E-state index < -0.39 is 26.1 Å². The summed E-state index contributed by atoms with van der Waals surface area (Å²) >= 11 is 0. The van der Waals surface area contributed by atoms with Gasteiger partial charge in [-0.2, -0.15) is 27.8 Å². The van der Waals surface area contributed by atoms with Crippen molar-refractivity contribution in [3.8, 4) is 11.4 Å². The number of rotatable bonds is 6. The zero-order valence-electron chi connectivity index (χ0n) is 17.9. The van der Waals surface area contributed by atoms with Crippen molar-refractivity contribution in [3.05, 3.63) is 36.1 Å². The second-order valence-electron chi connectivity index (χ2n) is 8.55. The van der Waals surface area contributed by atoms with E-state index in [-0.39, 0.29) is 37.2 Å². The predicted molar refractivity (Wildman–Crippen MR) is 114 cm³/mol. The summed E-state index contributed by atoms with van der Waals surface area (Å²) in [6.07, 6.45) is 3.60. The maximum atomic E-state index is 12.9. The van der Waals surface area contributed by atoms with E-state index in [4.69, 9.17) is 6.57 Å². The third-order valence-electron chi connectivity index (χ3n) is 6.32. The lowest BCUT2D eigenvalue weighted by Gasteiger charge is -2.43. The second-order valence-corrected chi connectivity index (χ2v) is 10.8. The van der Waals surface area contributed by atoms with Gasteiger partial charge >= 0.3 is 5.51 Å². The van der Waals surface area contributed by atoms with Gasteiger partial charge in [0.15, 0.2) is 11.5 Å². The molecule has 1 saturated carbocycles. The third kappa shape index (κ3) is 3.80. The Hall–Kier alpha value is -3.58. The topological polar surface area (TPSA) is 141 Å². The van der Waals surface area contributed by atoms with E-state index in [0.717, 1.165) is 0 Å². The molecule has 35 heavy (non-hydrogen) atoms. The Bertz CT molecular complexity index is 1450. The summed E-state index contributed by atoms with van der Waals surface area (Å²) in [5, 5.41) is 12.5. The van der Waals surface area contributed by atoms with Crippen molar-refractivity contribution >= 4 is 27.3 Å². The minimum absolute atomic E-state index is 0.0900. The quantitative estimate of drug-likeness (QED) is 0.466. The summed E-state index contributed by atoms with van der Waals surface area (Å²) in [5.74, 6) is 0.0102. The van der Waals surface area contributed by atoms with Crippen LogP contribution in [0.2, 0.25) is 0 Å². The zero-order chi connectivity index (χ0) is 25.0. The van der Waals surface area contributed by atoms with Crippen LogP contribution in [0.25, 0.3) is 21.9 Å². The van der Waals surface area contributed by atoms with Gasteiger partial charge in [-0.25, -0.2) is 20.0 Å². The van der Waals surface area contributed by atoms with Gasteiger partial charge < -0.3 is 10.2 Å². The molecule has 3 aromatic heterocycles. The molecule has 0 unspecified atom stereocenters. The van der Waals surface area contributed by atoms with Crippen molar-refractivity contribution in [2.75, 3.05) is 25.0 Å². The van der Waals surface area contributed by atoms with Gasteiger partial charge in [0.05, 0.1) is 22.9 Å². The molecule has 0 spiro atoms. The fraction of sp³-hybridized carbons (Fsp3) is 0.474. The minimum Gasteiger partial charge on any atom is -0.315 e. The molecule has 2 fully saturated rings. The molecule has 0 aromatic carbocycles. The Morgan fingerprint density at radius 3 is 2.71 bits per heavy atom. The molecule has 0 radical (unpaired) electrons. The lowest BCUT2D eigenvalue weighted by Crippen LogP contribution is -2.56. The molecule has 1 amide bonds. The van der Waals surface area contributed by atoms with Crippen LogP contribution in [0, 0.1) is 12.5 Å². The first kappa shape index (κ1) is 23.2. The minimum atomic E-state index is -5.36. The van der Waals surface area contributed by atoms with Gasteiger partial charge in [-0.05, 0) is 12.8 Å². The first-order chi connectivity index (χ1) is 16.5. The lowest BCUT2D eigenvalue weighted by atomic mass is 9.76. The van der Waals surface area contributed by atoms with Gasteiger partial charge in [-0.3, -0.25) is 14.8 Å². The summed E-state index contributed by atoms with van der Waals surface area (Å²) in [4.78, 5) is 24.0. The smallest absolute Gasteiger partial charge is 0.315 e. The first-order valence-electron chi connectivity index (χ1n) is 10.5. The summed E-state index contributed by atoms with van der Waals surface area (Å²) in [7, 11) is -5.34. The SMILES string of the molecule is [C-]#[N+]CC1(n2cc(-c3nccc4nc(NC(=O)C5CNC5)nn34)cn2)CC(S(=O)(=O)C(F)(F)F)C1. The summed E-state index contributed by atoms with van der Waals surface area (Å²) in [6.45, 7) is 8.13. The van der Waals surface area contributed by atoms with Crippen molar-refractivity contribution in [2.45, 2.75) is 29.1 Å². The molecule has 16 heteroatoms. The van der Waals surface area contributed by atoms with Crippen molar-refractivity contribution in [1.29, 1.82) is 0 Å². The zero-order valence-corrected chi connectivity index (χ0v) is 18.7. The van der Waals surface area contributed by atoms with Gasteiger partial charge in [-0.15, -0.1) is 5.10 Å². The number of aromatic nitrogens is 6. The molecule has 0 atom stereocenters. The lowest BCUT2D eigenvalue weighted by molar-refractivity contribution is -0.121. The molecular formula is C19H18F3N9O3S. The van der Waals surface area contributed by atoms with E-state index in [0.29, 0.717) is 30.1 Å². The van der Waals surface area contributed by atoms with Gasteiger partial charge in [0.1, 0.15) is 5.54 Å². The molecular weight excluding hydrogens is 491 g/mol. The molecule has 2 aliphatic rings. The number of hydrogen-bond acceptors (Lipinski definition) is 8. The van der Waals surface area contributed by atoms with Gasteiger partial charge in [0.2, 0.25) is 18.4 Å². The number of sulfone groups is 1. The predicted octanol–water partition coefficient (Wildman–Crippen LogP) is 0.857. The van der Waals surface area contributed by atoms with Crippen LogP contribution in [-0.4, -0.2) is 74.1 Å². The number of carbonyl (C=O) groups is 1. The number of amides is 1. The van der Waals surface area contributed by atoms with E-state index in [1.807, 2.05) is 0 Å². The highest BCUT2D eigenvalue weighted by Gasteiger charge is 2.61. The van der Waals surface area contributed by atoms with Crippen LogP contribution < -0.4 is 10.6 Å². The van der Waals surface area contributed by atoms with Crippen molar-refractivity contribution < 1.29 is 26.4 Å². The number of nitrogens with zero attached hydrogens (tertiary/aromatic N) is 7. The van der Waals surface area contributed by atoms with Crippen LogP contribution in [0.5, 0.6) is 0 Å². The van der Waals surface area contributed by atoms with Crippen molar-refractivity contribution in [3.63, 3.8) is 0 Å². The molecule has 1 aliphatic heterocycles. The van der Waals surface area contributed by atoms with Crippen molar-refractivity contribution in [2.24, 2.45) is 5.92 Å². The fourth-order valence-corrected chi connectivity index (χ4v) is 5.62. The summed E-state index contributed by atoms with van der Waals surface area (Å²) in [6, 6.07) is 1.58. The number of halogens is 3. The average molecular weight is 509 g/mol. The molecule has 5 rings (SSSR count). The van der Waals surface area contributed by atoms with Gasteiger partial charge in [0, 0.05) is 31.5 Å². The van der Waals surface area contributed by atoms with E-state index in [9.17, 15) is 26.4 Å². The highest BCUT2D eigenvalue weighted by Crippen LogP contribution is 2.47. The van der Waals surface area contributed by atoms with Crippen LogP contribution in [0.3, 0.4) is 0 Å². The highest BCUT2D eigenvalue weighted by molar-refractivity contribution is 7.92. The molecule has 4 heterocycles. The van der Waals surface area contributed by atoms with Crippen LogP contribution in [-0.2, 0) is 20.2 Å². The van der Waals surface area contributed by atoms with E-state index in [1.165, 1.54) is 27.8 Å². The number of nitrogens with one attached hydrogen (secondary N) is 2. The first-order valence-corrected chi connectivity index (χ1v) is 12.0. The van der Waals surface area contributed by atoms with Gasteiger partial charge in [-0.1, -0.05) is 0 Å². The number of fused-ring (bicyclic) bond motifs is 1. The maximum Gasteiger partial charge on any atom is 0.497 e. The largest absolute Gasteiger partial charge is 0.497 e. The van der Waals surface area contributed by atoms with Crippen LogP contribution in [0.15, 0.2) is 24.7 Å². The molecule has 1 saturated heterocycles. The Balaban J connectivity index is 1.42. The molecule has 12 nitrogen and oxygen atoms in total. The van der Waals surface area contributed by atoms with E-state index in [1.54, 1.807) is 6.07 Å². The molecule has 184 valence electrons. The summed E-state index contributed by atoms with van der Waals surface area (Å²) < 4.78 is 65.1. The Kier molecular flexibility index (Phi) is 5.29. The molecule has 3 aromatic rings.